The lowest BCUT2D eigenvalue weighted by Crippen LogP contribution is -2.65. The second-order valence-corrected chi connectivity index (χ2v) is 5.84. The summed E-state index contributed by atoms with van der Waals surface area (Å²) in [6.45, 7) is 11.7. The molecule has 0 aromatic carbocycles. The number of amides is 1. The highest BCUT2D eigenvalue weighted by Crippen LogP contribution is 2.42. The van der Waals surface area contributed by atoms with Gasteiger partial charge in [0.25, 0.3) is 0 Å². The summed E-state index contributed by atoms with van der Waals surface area (Å²) < 4.78 is 5.38. The van der Waals surface area contributed by atoms with Crippen LogP contribution < -0.4 is 5.32 Å². The normalized spacial score (nSPS) is 31.2. The van der Waals surface area contributed by atoms with Crippen molar-refractivity contribution >= 4 is 6.09 Å². The van der Waals surface area contributed by atoms with Crippen molar-refractivity contribution in [2.75, 3.05) is 19.6 Å². The largest absolute Gasteiger partial charge is 0.444 e. The van der Waals surface area contributed by atoms with Crippen LogP contribution in [0.2, 0.25) is 0 Å². The van der Waals surface area contributed by atoms with Crippen LogP contribution in [0, 0.1) is 5.41 Å². The Balaban J connectivity index is 2.04. The molecule has 2 unspecified atom stereocenters. The first kappa shape index (κ1) is 12.2. The van der Waals surface area contributed by atoms with Gasteiger partial charge in [-0.05, 0) is 26.8 Å². The third-order valence-corrected chi connectivity index (χ3v) is 3.31. The summed E-state index contributed by atoms with van der Waals surface area (Å²) >= 11 is 0. The van der Waals surface area contributed by atoms with Gasteiger partial charge in [-0.2, -0.15) is 0 Å². The summed E-state index contributed by atoms with van der Waals surface area (Å²) in [6.07, 6.45) is 1.76. The summed E-state index contributed by atoms with van der Waals surface area (Å²) in [4.78, 5) is 13.7. The highest BCUT2D eigenvalue weighted by atomic mass is 16.6. The first-order valence-electron chi connectivity index (χ1n) is 5.95. The van der Waals surface area contributed by atoms with E-state index in [0.29, 0.717) is 6.54 Å². The fourth-order valence-corrected chi connectivity index (χ4v) is 2.57. The molecule has 0 saturated carbocycles. The second-order valence-electron chi connectivity index (χ2n) is 5.84. The Labute approximate surface area is 102 Å². The summed E-state index contributed by atoms with van der Waals surface area (Å²) in [5.74, 6) is 0. The van der Waals surface area contributed by atoms with E-state index in [1.165, 1.54) is 0 Å². The molecule has 4 heteroatoms. The lowest BCUT2D eigenvalue weighted by atomic mass is 9.74. The van der Waals surface area contributed by atoms with Gasteiger partial charge in [-0.15, -0.1) is 5.73 Å². The van der Waals surface area contributed by atoms with Crippen molar-refractivity contribution in [3.8, 4) is 0 Å². The van der Waals surface area contributed by atoms with Crippen LogP contribution in [0.25, 0.3) is 0 Å². The molecule has 2 fully saturated rings. The molecule has 0 spiro atoms. The van der Waals surface area contributed by atoms with Crippen LogP contribution in [0.5, 0.6) is 0 Å². The van der Waals surface area contributed by atoms with Crippen LogP contribution in [-0.4, -0.2) is 42.3 Å². The summed E-state index contributed by atoms with van der Waals surface area (Å²) in [7, 11) is 0. The summed E-state index contributed by atoms with van der Waals surface area (Å²) in [6, 6.07) is 0.187. The summed E-state index contributed by atoms with van der Waals surface area (Å²) in [5, 5.41) is 3.31. The van der Waals surface area contributed by atoms with Crippen molar-refractivity contribution in [2.24, 2.45) is 5.41 Å². The van der Waals surface area contributed by atoms with Crippen LogP contribution >= 0.6 is 0 Å². The minimum Gasteiger partial charge on any atom is -0.444 e. The Hall–Kier alpha value is -1.25. The molecular weight excluding hydrogens is 216 g/mol. The van der Waals surface area contributed by atoms with Crippen LogP contribution in [0.3, 0.4) is 0 Å². The van der Waals surface area contributed by atoms with Gasteiger partial charge in [0.15, 0.2) is 0 Å². The van der Waals surface area contributed by atoms with E-state index < -0.39 is 5.60 Å². The van der Waals surface area contributed by atoms with Gasteiger partial charge in [-0.1, -0.05) is 6.58 Å². The number of nitrogens with zero attached hydrogens (tertiary/aromatic N) is 1. The highest BCUT2D eigenvalue weighted by molar-refractivity contribution is 5.70. The van der Waals surface area contributed by atoms with Crippen LogP contribution in [0.1, 0.15) is 20.8 Å². The molecule has 2 saturated heterocycles. The molecule has 2 rings (SSSR count). The van der Waals surface area contributed by atoms with Crippen LogP contribution in [0.4, 0.5) is 4.79 Å². The number of carbonyl (C=O) groups excluding carboxylic acids is 1. The molecule has 2 atom stereocenters. The predicted octanol–water partition coefficient (Wildman–Crippen LogP) is 1.54. The number of nitrogens with one attached hydrogen (secondary N) is 1. The number of ether oxygens (including phenoxy) is 1. The zero-order chi connectivity index (χ0) is 12.7. The molecule has 1 amide bonds. The average Bonchev–Trinajstić information content (AvgIpc) is 2.44. The molecule has 0 bridgehead atoms. The van der Waals surface area contributed by atoms with E-state index >= 15 is 0 Å². The number of likely N-dealkylation sites (tertiary alicyclic amines) is 1. The lowest BCUT2D eigenvalue weighted by Gasteiger charge is -2.51. The van der Waals surface area contributed by atoms with Gasteiger partial charge < -0.3 is 15.0 Å². The Bertz CT molecular complexity index is 379. The SMILES string of the molecule is C=C=CC12CNCC1N(C(=O)OC(C)(C)C)C2. The molecule has 2 aliphatic heterocycles. The van der Waals surface area contributed by atoms with Gasteiger partial charge in [0.05, 0.1) is 6.04 Å². The monoisotopic (exact) mass is 236 g/mol. The minimum absolute atomic E-state index is 0.0264. The Morgan fingerprint density at radius 2 is 2.35 bits per heavy atom. The molecule has 17 heavy (non-hydrogen) atoms. The molecule has 2 aliphatic rings. The topological polar surface area (TPSA) is 41.6 Å². The Morgan fingerprint density at radius 1 is 1.65 bits per heavy atom. The number of hydrogen-bond acceptors (Lipinski definition) is 3. The van der Waals surface area contributed by atoms with E-state index in [2.05, 4.69) is 17.6 Å². The molecule has 2 heterocycles. The first-order valence-corrected chi connectivity index (χ1v) is 5.95. The maximum Gasteiger partial charge on any atom is 0.410 e. The van der Waals surface area contributed by atoms with E-state index in [4.69, 9.17) is 4.74 Å². The Kier molecular flexibility index (Phi) is 2.80. The first-order chi connectivity index (χ1) is 7.88. The van der Waals surface area contributed by atoms with Crippen molar-refractivity contribution in [2.45, 2.75) is 32.4 Å². The van der Waals surface area contributed by atoms with Gasteiger partial charge in [0, 0.05) is 25.0 Å². The third kappa shape index (κ3) is 2.11. The average molecular weight is 236 g/mol. The van der Waals surface area contributed by atoms with Crippen molar-refractivity contribution in [1.29, 1.82) is 0 Å². The smallest absolute Gasteiger partial charge is 0.410 e. The lowest BCUT2D eigenvalue weighted by molar-refractivity contribution is -0.0380. The standard InChI is InChI=1S/C13H20N2O2/c1-5-6-13-8-14-7-10(13)15(9-13)11(16)17-12(2,3)4/h6,10,14H,1,7-9H2,2-4H3. The summed E-state index contributed by atoms with van der Waals surface area (Å²) in [5.41, 5.74) is 2.44. The molecule has 1 N–H and O–H groups in total. The van der Waals surface area contributed by atoms with Crippen LogP contribution in [0.15, 0.2) is 18.4 Å². The van der Waals surface area contributed by atoms with E-state index in [1.807, 2.05) is 26.8 Å². The third-order valence-electron chi connectivity index (χ3n) is 3.31. The van der Waals surface area contributed by atoms with E-state index in [0.717, 1.165) is 13.1 Å². The van der Waals surface area contributed by atoms with E-state index in [-0.39, 0.29) is 17.6 Å². The van der Waals surface area contributed by atoms with Crippen molar-refractivity contribution in [3.63, 3.8) is 0 Å². The highest BCUT2D eigenvalue weighted by Gasteiger charge is 2.56. The molecule has 0 aromatic heterocycles. The van der Waals surface area contributed by atoms with Gasteiger partial charge >= 0.3 is 6.09 Å². The minimum atomic E-state index is -0.435. The maximum absolute atomic E-state index is 12.0. The zero-order valence-electron chi connectivity index (χ0n) is 10.7. The van der Waals surface area contributed by atoms with Crippen molar-refractivity contribution < 1.29 is 9.53 Å². The van der Waals surface area contributed by atoms with Gasteiger partial charge in [-0.25, -0.2) is 4.79 Å². The van der Waals surface area contributed by atoms with Crippen molar-refractivity contribution in [1.82, 2.24) is 10.2 Å². The maximum atomic E-state index is 12.0. The van der Waals surface area contributed by atoms with Crippen molar-refractivity contribution in [3.05, 3.63) is 18.4 Å². The fourth-order valence-electron chi connectivity index (χ4n) is 2.57. The van der Waals surface area contributed by atoms with Gasteiger partial charge in [0.2, 0.25) is 0 Å². The molecule has 0 aliphatic carbocycles. The molecule has 94 valence electrons. The number of fused-ring (bicyclic) bond motifs is 1. The predicted molar refractivity (Wildman–Crippen MR) is 65.7 cm³/mol. The van der Waals surface area contributed by atoms with E-state index in [9.17, 15) is 4.79 Å². The quantitative estimate of drug-likeness (QED) is 0.702. The zero-order valence-corrected chi connectivity index (χ0v) is 10.7. The van der Waals surface area contributed by atoms with Crippen LogP contribution in [-0.2, 0) is 4.74 Å². The molecule has 4 nitrogen and oxygen atoms in total. The molecular formula is C13H20N2O2. The number of carbonyl (C=O) groups is 1. The fraction of sp³-hybridized carbons (Fsp3) is 0.692. The molecule has 0 radical (unpaired) electrons. The number of hydrogen-bond donors (Lipinski definition) is 1. The second kappa shape index (κ2) is 3.90. The number of rotatable bonds is 1. The Morgan fingerprint density at radius 3 is 2.94 bits per heavy atom. The van der Waals surface area contributed by atoms with Gasteiger partial charge in [-0.3, -0.25) is 0 Å². The van der Waals surface area contributed by atoms with E-state index in [1.54, 1.807) is 4.90 Å². The molecule has 0 aromatic rings. The van der Waals surface area contributed by atoms with Gasteiger partial charge in [0.1, 0.15) is 5.60 Å².